The summed E-state index contributed by atoms with van der Waals surface area (Å²) in [6.07, 6.45) is 0. The summed E-state index contributed by atoms with van der Waals surface area (Å²) >= 11 is 5.96. The van der Waals surface area contributed by atoms with Crippen LogP contribution in [0.5, 0.6) is 0 Å². The second-order valence-corrected chi connectivity index (χ2v) is 7.52. The number of hydrogen-bond donors (Lipinski definition) is 1. The summed E-state index contributed by atoms with van der Waals surface area (Å²) in [6, 6.07) is 15.6. The number of hydrogen-bond acceptors (Lipinski definition) is 4. The monoisotopic (exact) mass is 382 g/mol. The maximum absolute atomic E-state index is 12.3. The van der Waals surface area contributed by atoms with Crippen molar-refractivity contribution in [3.63, 3.8) is 0 Å². The zero-order valence-corrected chi connectivity index (χ0v) is 16.1. The van der Waals surface area contributed by atoms with Gasteiger partial charge in [-0.05, 0) is 36.8 Å². The predicted octanol–water partition coefficient (Wildman–Crippen LogP) is 3.46. The molecule has 0 bridgehead atoms. The molecule has 5 nitrogen and oxygen atoms in total. The second-order valence-electron chi connectivity index (χ2n) is 7.08. The summed E-state index contributed by atoms with van der Waals surface area (Å²) in [7, 11) is 0. The van der Waals surface area contributed by atoms with Crippen LogP contribution in [0.15, 0.2) is 53.3 Å². The van der Waals surface area contributed by atoms with Crippen LogP contribution in [0, 0.1) is 0 Å². The molecule has 4 rings (SSSR count). The van der Waals surface area contributed by atoms with Gasteiger partial charge in [0, 0.05) is 37.7 Å². The summed E-state index contributed by atoms with van der Waals surface area (Å²) in [5, 5.41) is 1.41. The lowest BCUT2D eigenvalue weighted by molar-refractivity contribution is 0.0948. The van der Waals surface area contributed by atoms with Crippen LogP contribution >= 0.6 is 11.6 Å². The molecular weight excluding hydrogens is 360 g/mol. The average Bonchev–Trinajstić information content (AvgIpc) is 2.70. The Morgan fingerprint density at radius 2 is 1.78 bits per heavy atom. The van der Waals surface area contributed by atoms with Crippen molar-refractivity contribution in [2.75, 3.05) is 26.2 Å². The van der Waals surface area contributed by atoms with E-state index in [1.54, 1.807) is 0 Å². The van der Waals surface area contributed by atoms with Gasteiger partial charge < -0.3 is 4.98 Å². The number of nitrogens with zero attached hydrogens (tertiary/aromatic N) is 3. The van der Waals surface area contributed by atoms with Gasteiger partial charge in [0.15, 0.2) is 0 Å². The van der Waals surface area contributed by atoms with E-state index in [-0.39, 0.29) is 11.6 Å². The lowest BCUT2D eigenvalue weighted by Gasteiger charge is -2.37. The summed E-state index contributed by atoms with van der Waals surface area (Å²) in [5.74, 6) is 0.741. The van der Waals surface area contributed by atoms with E-state index in [1.165, 1.54) is 5.56 Å². The van der Waals surface area contributed by atoms with Gasteiger partial charge in [-0.25, -0.2) is 4.98 Å². The maximum Gasteiger partial charge on any atom is 0.258 e. The van der Waals surface area contributed by atoms with Gasteiger partial charge in [-0.3, -0.25) is 14.6 Å². The summed E-state index contributed by atoms with van der Waals surface area (Å²) in [4.78, 5) is 24.8. The number of aromatic amines is 1. The number of benzene rings is 2. The summed E-state index contributed by atoms with van der Waals surface area (Å²) < 4.78 is 0. The predicted molar refractivity (Wildman–Crippen MR) is 109 cm³/mol. The van der Waals surface area contributed by atoms with Crippen LogP contribution in [-0.2, 0) is 6.54 Å². The van der Waals surface area contributed by atoms with E-state index in [0.29, 0.717) is 5.39 Å². The molecule has 0 spiro atoms. The minimum Gasteiger partial charge on any atom is -0.309 e. The van der Waals surface area contributed by atoms with E-state index in [0.717, 1.165) is 49.1 Å². The molecule has 1 aliphatic heterocycles. The normalized spacial score (nSPS) is 17.3. The Balaban J connectivity index is 1.42. The molecule has 1 fully saturated rings. The van der Waals surface area contributed by atoms with Gasteiger partial charge in [-0.15, -0.1) is 0 Å². The first kappa shape index (κ1) is 18.2. The Hall–Kier alpha value is -2.21. The number of para-hydroxylation sites is 1. The van der Waals surface area contributed by atoms with Crippen molar-refractivity contribution in [2.45, 2.75) is 19.5 Å². The average molecular weight is 383 g/mol. The van der Waals surface area contributed by atoms with Crippen molar-refractivity contribution in [2.24, 2.45) is 0 Å². The van der Waals surface area contributed by atoms with Crippen molar-refractivity contribution < 1.29 is 0 Å². The highest BCUT2D eigenvalue weighted by atomic mass is 35.5. The molecule has 1 aromatic heterocycles. The molecular formula is C21H23ClN4O. The van der Waals surface area contributed by atoms with Crippen LogP contribution in [0.2, 0.25) is 5.02 Å². The topological polar surface area (TPSA) is 52.2 Å². The van der Waals surface area contributed by atoms with Gasteiger partial charge in [0.05, 0.1) is 16.9 Å². The minimum absolute atomic E-state index is 0.0659. The number of rotatable bonds is 4. The zero-order chi connectivity index (χ0) is 18.8. The van der Waals surface area contributed by atoms with Crippen LogP contribution < -0.4 is 5.56 Å². The number of piperazine rings is 1. The van der Waals surface area contributed by atoms with E-state index in [2.05, 4.69) is 38.8 Å². The highest BCUT2D eigenvalue weighted by Crippen LogP contribution is 2.20. The molecule has 3 aromatic rings. The third-order valence-electron chi connectivity index (χ3n) is 5.30. The molecule has 1 N–H and O–H groups in total. The Kier molecular flexibility index (Phi) is 5.25. The van der Waals surface area contributed by atoms with Gasteiger partial charge in [0.25, 0.3) is 5.56 Å². The van der Waals surface area contributed by atoms with Crippen LogP contribution in [0.1, 0.15) is 24.4 Å². The van der Waals surface area contributed by atoms with Gasteiger partial charge in [0.2, 0.25) is 0 Å². The number of H-pyrrole nitrogens is 1. The fraction of sp³-hybridized carbons (Fsp3) is 0.333. The number of aromatic nitrogens is 2. The van der Waals surface area contributed by atoms with Gasteiger partial charge in [0.1, 0.15) is 5.82 Å². The molecule has 1 atom stereocenters. The summed E-state index contributed by atoms with van der Waals surface area (Å²) in [6.45, 7) is 6.93. The summed E-state index contributed by atoms with van der Waals surface area (Å²) in [5.41, 5.74) is 1.97. The van der Waals surface area contributed by atoms with Crippen molar-refractivity contribution in [1.82, 2.24) is 19.8 Å². The highest BCUT2D eigenvalue weighted by molar-refractivity contribution is 6.30. The SMILES string of the molecule is C[C@H](c1nc2ccccc2c(=O)[nH]1)N1CCN(Cc2ccc(Cl)cc2)CC1. The maximum atomic E-state index is 12.3. The second kappa shape index (κ2) is 7.80. The van der Waals surface area contributed by atoms with Gasteiger partial charge in [-0.2, -0.15) is 0 Å². The van der Waals surface area contributed by atoms with Crippen molar-refractivity contribution in [3.8, 4) is 0 Å². The van der Waals surface area contributed by atoms with Crippen LogP contribution in [0.25, 0.3) is 10.9 Å². The first-order valence-electron chi connectivity index (χ1n) is 9.30. The first-order chi connectivity index (χ1) is 13.1. The van der Waals surface area contributed by atoms with Crippen LogP contribution in [0.4, 0.5) is 0 Å². The van der Waals surface area contributed by atoms with E-state index in [4.69, 9.17) is 11.6 Å². The molecule has 0 unspecified atom stereocenters. The molecule has 0 amide bonds. The molecule has 0 radical (unpaired) electrons. The first-order valence-corrected chi connectivity index (χ1v) is 9.68. The Bertz CT molecular complexity index is 977. The molecule has 2 heterocycles. The van der Waals surface area contributed by atoms with Gasteiger partial charge in [-0.1, -0.05) is 35.9 Å². The lowest BCUT2D eigenvalue weighted by Crippen LogP contribution is -2.47. The van der Waals surface area contributed by atoms with E-state index in [1.807, 2.05) is 36.4 Å². The van der Waals surface area contributed by atoms with Gasteiger partial charge >= 0.3 is 0 Å². The van der Waals surface area contributed by atoms with Crippen molar-refractivity contribution in [1.29, 1.82) is 0 Å². The van der Waals surface area contributed by atoms with E-state index < -0.39 is 0 Å². The lowest BCUT2D eigenvalue weighted by atomic mass is 10.1. The standard InChI is InChI=1S/C21H23ClN4O/c1-15(20-23-19-5-3-2-4-18(19)21(27)24-20)26-12-10-25(11-13-26)14-16-6-8-17(22)9-7-16/h2-9,15H,10-14H2,1H3,(H,23,24,27)/t15-/m1/s1. The fourth-order valence-corrected chi connectivity index (χ4v) is 3.76. The smallest absolute Gasteiger partial charge is 0.258 e. The molecule has 0 aliphatic carbocycles. The number of nitrogens with one attached hydrogen (secondary N) is 1. The van der Waals surface area contributed by atoms with Crippen LogP contribution in [-0.4, -0.2) is 45.9 Å². The molecule has 1 aliphatic rings. The fourth-order valence-electron chi connectivity index (χ4n) is 3.63. The quantitative estimate of drug-likeness (QED) is 0.750. The molecule has 0 saturated carbocycles. The molecule has 2 aromatic carbocycles. The Morgan fingerprint density at radius 3 is 2.52 bits per heavy atom. The highest BCUT2D eigenvalue weighted by Gasteiger charge is 2.23. The molecule has 6 heteroatoms. The third kappa shape index (κ3) is 4.05. The van der Waals surface area contributed by atoms with Crippen LogP contribution in [0.3, 0.4) is 0 Å². The van der Waals surface area contributed by atoms with E-state index >= 15 is 0 Å². The third-order valence-corrected chi connectivity index (χ3v) is 5.55. The largest absolute Gasteiger partial charge is 0.309 e. The van der Waals surface area contributed by atoms with E-state index in [9.17, 15) is 4.79 Å². The van der Waals surface area contributed by atoms with Crippen molar-refractivity contribution in [3.05, 3.63) is 75.3 Å². The zero-order valence-electron chi connectivity index (χ0n) is 15.4. The molecule has 27 heavy (non-hydrogen) atoms. The minimum atomic E-state index is -0.0659. The number of halogens is 1. The molecule has 1 saturated heterocycles. The van der Waals surface area contributed by atoms with Crippen molar-refractivity contribution >= 4 is 22.5 Å². The Morgan fingerprint density at radius 1 is 1.07 bits per heavy atom. The Labute approximate surface area is 163 Å². The number of fused-ring (bicyclic) bond motifs is 1. The molecule has 140 valence electrons.